The highest BCUT2D eigenvalue weighted by atomic mass is 32.2. The number of fused-ring (bicyclic) bond motifs is 1. The van der Waals surface area contributed by atoms with E-state index in [1.54, 1.807) is 11.3 Å². The molecule has 1 fully saturated rings. The average molecular weight is 403 g/mol. The summed E-state index contributed by atoms with van der Waals surface area (Å²) < 4.78 is 23.7. The molecule has 1 amide bonds. The molecule has 1 aliphatic heterocycles. The molecule has 0 atom stereocenters. The van der Waals surface area contributed by atoms with Crippen molar-refractivity contribution in [2.45, 2.75) is 11.8 Å². The predicted octanol–water partition coefficient (Wildman–Crippen LogP) is 2.33. The van der Waals surface area contributed by atoms with Gasteiger partial charge in [0.15, 0.2) is 5.13 Å². The highest BCUT2D eigenvalue weighted by Gasteiger charge is 2.34. The highest BCUT2D eigenvalue weighted by molar-refractivity contribution is 7.89. The minimum atomic E-state index is -3.73. The van der Waals surface area contributed by atoms with Crippen LogP contribution in [-0.4, -0.2) is 32.4 Å². The number of hydrogen-bond acceptors (Lipinski definition) is 6. The number of aryl methyl sites for hydroxylation is 1. The summed E-state index contributed by atoms with van der Waals surface area (Å²) in [7, 11) is -3.73. The first-order valence-corrected chi connectivity index (χ1v) is 10.7. The van der Waals surface area contributed by atoms with Crippen LogP contribution in [0.2, 0.25) is 0 Å². The van der Waals surface area contributed by atoms with Crippen LogP contribution in [0.3, 0.4) is 0 Å². The molecule has 1 aromatic heterocycles. The second-order valence-electron chi connectivity index (χ2n) is 6.63. The minimum absolute atomic E-state index is 0.0152. The Balaban J connectivity index is 1.38. The fraction of sp³-hybridized carbons (Fsp3) is 0.222. The molecule has 27 heavy (non-hydrogen) atoms. The molecule has 1 saturated heterocycles. The molecule has 140 valence electrons. The van der Waals surface area contributed by atoms with Crippen LogP contribution < -0.4 is 15.4 Å². The highest BCUT2D eigenvalue weighted by Crippen LogP contribution is 2.33. The first kappa shape index (κ1) is 17.9. The molecule has 0 spiro atoms. The molecule has 4 rings (SSSR count). The molecule has 7 nitrogen and oxygen atoms in total. The van der Waals surface area contributed by atoms with Crippen LogP contribution in [0.25, 0.3) is 10.2 Å². The number of sulfonamides is 1. The second-order valence-corrected chi connectivity index (χ2v) is 9.20. The van der Waals surface area contributed by atoms with Gasteiger partial charge in [-0.1, -0.05) is 17.4 Å². The lowest BCUT2D eigenvalue weighted by Crippen LogP contribution is -2.52. The number of benzene rings is 2. The van der Waals surface area contributed by atoms with Crippen LogP contribution in [0.1, 0.15) is 5.56 Å². The van der Waals surface area contributed by atoms with Crippen molar-refractivity contribution in [1.29, 1.82) is 0 Å². The zero-order chi connectivity index (χ0) is 19.2. The normalized spacial score (nSPS) is 15.0. The lowest BCUT2D eigenvalue weighted by molar-refractivity contribution is -0.120. The third kappa shape index (κ3) is 3.66. The van der Waals surface area contributed by atoms with E-state index in [2.05, 4.69) is 28.2 Å². The number of primary sulfonamides is 1. The standard InChI is InChI=1S/C18H18N4O3S2/c1-11-2-7-15-16(8-11)26-18(21-15)22-9-12(10-22)17(23)20-13-3-5-14(6-4-13)27(19,24)25/h2-8,12H,9-10H2,1H3,(H,20,23)(H2,19,24,25). The van der Waals surface area contributed by atoms with Gasteiger partial charge in [0.05, 0.1) is 21.0 Å². The van der Waals surface area contributed by atoms with Gasteiger partial charge in [-0.2, -0.15) is 0 Å². The lowest BCUT2D eigenvalue weighted by Gasteiger charge is -2.37. The monoisotopic (exact) mass is 402 g/mol. The van der Waals surface area contributed by atoms with Gasteiger partial charge in [0.1, 0.15) is 0 Å². The van der Waals surface area contributed by atoms with Gasteiger partial charge in [-0.25, -0.2) is 18.5 Å². The smallest absolute Gasteiger partial charge is 0.238 e. The molecule has 0 aliphatic carbocycles. The number of carbonyl (C=O) groups is 1. The predicted molar refractivity (Wildman–Crippen MR) is 107 cm³/mol. The number of carbonyl (C=O) groups excluding carboxylic acids is 1. The quantitative estimate of drug-likeness (QED) is 0.697. The summed E-state index contributed by atoms with van der Waals surface area (Å²) in [4.78, 5) is 19.1. The molecule has 3 N–H and O–H groups in total. The summed E-state index contributed by atoms with van der Waals surface area (Å²) in [5.41, 5.74) is 2.72. The summed E-state index contributed by atoms with van der Waals surface area (Å²) in [6, 6.07) is 12.0. The van der Waals surface area contributed by atoms with E-state index in [1.807, 2.05) is 12.1 Å². The van der Waals surface area contributed by atoms with Gasteiger partial charge in [0, 0.05) is 18.8 Å². The van der Waals surface area contributed by atoms with Gasteiger partial charge in [-0.15, -0.1) is 0 Å². The topological polar surface area (TPSA) is 105 Å². The number of rotatable bonds is 4. The zero-order valence-electron chi connectivity index (χ0n) is 14.5. The van der Waals surface area contributed by atoms with E-state index in [4.69, 9.17) is 5.14 Å². The van der Waals surface area contributed by atoms with Gasteiger partial charge in [0.2, 0.25) is 15.9 Å². The Morgan fingerprint density at radius 2 is 1.93 bits per heavy atom. The van der Waals surface area contributed by atoms with E-state index < -0.39 is 10.0 Å². The van der Waals surface area contributed by atoms with Crippen molar-refractivity contribution in [2.24, 2.45) is 11.1 Å². The number of nitrogens with one attached hydrogen (secondary N) is 1. The minimum Gasteiger partial charge on any atom is -0.346 e. The first-order valence-electron chi connectivity index (χ1n) is 8.35. The number of amides is 1. The number of nitrogens with two attached hydrogens (primary N) is 1. The molecule has 2 aromatic carbocycles. The molecule has 0 saturated carbocycles. The summed E-state index contributed by atoms with van der Waals surface area (Å²) >= 11 is 1.63. The Morgan fingerprint density at radius 1 is 1.22 bits per heavy atom. The van der Waals surface area contributed by atoms with Crippen LogP contribution in [0.4, 0.5) is 10.8 Å². The van der Waals surface area contributed by atoms with E-state index in [0.717, 1.165) is 15.3 Å². The zero-order valence-corrected chi connectivity index (χ0v) is 16.2. The van der Waals surface area contributed by atoms with Crippen molar-refractivity contribution in [3.8, 4) is 0 Å². The van der Waals surface area contributed by atoms with Crippen molar-refractivity contribution in [1.82, 2.24) is 4.98 Å². The molecule has 0 radical (unpaired) electrons. The summed E-state index contributed by atoms with van der Waals surface area (Å²) in [6.07, 6.45) is 0. The number of thiazole rings is 1. The van der Waals surface area contributed by atoms with Crippen LogP contribution in [-0.2, 0) is 14.8 Å². The van der Waals surface area contributed by atoms with Gasteiger partial charge in [0.25, 0.3) is 0 Å². The molecule has 2 heterocycles. The Bertz CT molecular complexity index is 1120. The van der Waals surface area contributed by atoms with Crippen LogP contribution >= 0.6 is 11.3 Å². The molecule has 0 bridgehead atoms. The Morgan fingerprint density at radius 3 is 2.59 bits per heavy atom. The van der Waals surface area contributed by atoms with Gasteiger partial charge >= 0.3 is 0 Å². The number of nitrogens with zero attached hydrogens (tertiary/aromatic N) is 2. The Hall–Kier alpha value is -2.49. The molecule has 0 unspecified atom stereocenters. The van der Waals surface area contributed by atoms with Gasteiger partial charge in [-0.3, -0.25) is 4.79 Å². The maximum atomic E-state index is 12.4. The number of anilines is 2. The fourth-order valence-corrected chi connectivity index (χ4v) is 4.53. The average Bonchev–Trinajstić information content (AvgIpc) is 2.95. The van der Waals surface area contributed by atoms with Crippen LogP contribution in [0.5, 0.6) is 0 Å². The van der Waals surface area contributed by atoms with Crippen molar-refractivity contribution >= 4 is 48.3 Å². The van der Waals surface area contributed by atoms with Crippen LogP contribution in [0.15, 0.2) is 47.4 Å². The van der Waals surface area contributed by atoms with Crippen molar-refractivity contribution in [3.05, 3.63) is 48.0 Å². The SMILES string of the molecule is Cc1ccc2nc(N3CC(C(=O)Nc4ccc(S(N)(=O)=O)cc4)C3)sc2c1. The van der Waals surface area contributed by atoms with Crippen molar-refractivity contribution in [2.75, 3.05) is 23.3 Å². The molecule has 1 aliphatic rings. The third-order valence-corrected chi connectivity index (χ3v) is 6.51. The van der Waals surface area contributed by atoms with E-state index in [0.29, 0.717) is 18.8 Å². The Labute approximate surface area is 160 Å². The molecular weight excluding hydrogens is 384 g/mol. The summed E-state index contributed by atoms with van der Waals surface area (Å²) in [6.45, 7) is 3.28. The van der Waals surface area contributed by atoms with Crippen molar-refractivity contribution < 1.29 is 13.2 Å². The third-order valence-electron chi connectivity index (χ3n) is 4.51. The second kappa shape index (κ2) is 6.59. The molecule has 9 heteroatoms. The number of aromatic nitrogens is 1. The largest absolute Gasteiger partial charge is 0.346 e. The molecule has 3 aromatic rings. The maximum absolute atomic E-state index is 12.4. The van der Waals surface area contributed by atoms with Crippen LogP contribution in [0, 0.1) is 12.8 Å². The van der Waals surface area contributed by atoms with E-state index in [9.17, 15) is 13.2 Å². The van der Waals surface area contributed by atoms with Crippen molar-refractivity contribution in [3.63, 3.8) is 0 Å². The lowest BCUT2D eigenvalue weighted by atomic mass is 10.00. The summed E-state index contributed by atoms with van der Waals surface area (Å²) in [5, 5.41) is 8.81. The Kier molecular flexibility index (Phi) is 4.37. The van der Waals surface area contributed by atoms with E-state index in [1.165, 1.54) is 29.8 Å². The molecular formula is C18H18N4O3S2. The van der Waals surface area contributed by atoms with Gasteiger partial charge < -0.3 is 10.2 Å². The maximum Gasteiger partial charge on any atom is 0.238 e. The summed E-state index contributed by atoms with van der Waals surface area (Å²) in [5.74, 6) is -0.219. The van der Waals surface area contributed by atoms with E-state index >= 15 is 0 Å². The fourth-order valence-electron chi connectivity index (χ4n) is 2.93. The van der Waals surface area contributed by atoms with Gasteiger partial charge in [-0.05, 0) is 48.9 Å². The first-order chi connectivity index (χ1) is 12.8. The number of hydrogen-bond donors (Lipinski definition) is 2. The van der Waals surface area contributed by atoms with E-state index in [-0.39, 0.29) is 16.7 Å².